The molecule has 1 fully saturated rings. The maximum absolute atomic E-state index is 12.3. The van der Waals surface area contributed by atoms with Crippen molar-refractivity contribution >= 4 is 23.5 Å². The van der Waals surface area contributed by atoms with Crippen LogP contribution in [0.1, 0.15) is 30.3 Å². The summed E-state index contributed by atoms with van der Waals surface area (Å²) in [6.45, 7) is 2.63. The molecule has 0 saturated heterocycles. The monoisotopic (exact) mass is 377 g/mol. The first kappa shape index (κ1) is 18.3. The second-order valence-corrected chi connectivity index (χ2v) is 6.72. The van der Waals surface area contributed by atoms with Crippen molar-refractivity contribution in [3.05, 3.63) is 41.2 Å². The van der Waals surface area contributed by atoms with Crippen molar-refractivity contribution in [3.63, 3.8) is 0 Å². The van der Waals surface area contributed by atoms with Crippen LogP contribution < -0.4 is 5.32 Å². The minimum absolute atomic E-state index is 0.0201. The van der Waals surface area contributed by atoms with Crippen molar-refractivity contribution in [2.45, 2.75) is 31.8 Å². The lowest BCUT2D eigenvalue weighted by Crippen LogP contribution is -2.54. The highest BCUT2D eigenvalue weighted by molar-refractivity contribution is 6.30. The van der Waals surface area contributed by atoms with Crippen LogP contribution in [0.3, 0.4) is 0 Å². The highest BCUT2D eigenvalue weighted by Gasteiger charge is 2.35. The number of carbonyl (C=O) groups excluding carboxylic acids is 1. The van der Waals surface area contributed by atoms with Gasteiger partial charge in [-0.3, -0.25) is 14.5 Å². The maximum atomic E-state index is 12.3. The first-order valence-electron chi connectivity index (χ1n) is 8.41. The molecule has 3 rings (SSSR count). The number of halogens is 1. The van der Waals surface area contributed by atoms with Gasteiger partial charge in [0.25, 0.3) is 5.91 Å². The number of hydrogen-bond donors (Lipinski definition) is 2. The molecule has 2 aromatic rings. The maximum Gasteiger partial charge on any atom is 0.317 e. The van der Waals surface area contributed by atoms with Gasteiger partial charge in [0.1, 0.15) is 0 Å². The summed E-state index contributed by atoms with van der Waals surface area (Å²) < 4.78 is 1.50. The summed E-state index contributed by atoms with van der Waals surface area (Å²) in [6.07, 6.45) is 3.02. The number of aliphatic carboxylic acids is 1. The van der Waals surface area contributed by atoms with Gasteiger partial charge in [-0.1, -0.05) is 29.8 Å². The van der Waals surface area contributed by atoms with E-state index in [4.69, 9.17) is 16.7 Å². The summed E-state index contributed by atoms with van der Waals surface area (Å²) in [5.41, 5.74) is 0.950. The van der Waals surface area contributed by atoms with Crippen LogP contribution in [-0.4, -0.2) is 62.0 Å². The van der Waals surface area contributed by atoms with Crippen molar-refractivity contribution in [3.8, 4) is 5.69 Å². The van der Waals surface area contributed by atoms with E-state index in [1.165, 1.54) is 4.68 Å². The largest absolute Gasteiger partial charge is 0.480 e. The molecule has 138 valence electrons. The topological polar surface area (TPSA) is 100 Å². The molecule has 26 heavy (non-hydrogen) atoms. The molecule has 0 radical (unpaired) electrons. The van der Waals surface area contributed by atoms with Crippen LogP contribution in [0.4, 0.5) is 0 Å². The Balaban J connectivity index is 1.55. The van der Waals surface area contributed by atoms with Crippen molar-refractivity contribution in [1.82, 2.24) is 25.2 Å². The van der Waals surface area contributed by atoms with E-state index in [9.17, 15) is 9.59 Å². The average molecular weight is 378 g/mol. The van der Waals surface area contributed by atoms with Gasteiger partial charge in [0, 0.05) is 17.1 Å². The Kier molecular flexibility index (Phi) is 5.53. The number of nitrogens with zero attached hydrogens (tertiary/aromatic N) is 4. The molecule has 0 aliphatic heterocycles. The number of benzene rings is 1. The Morgan fingerprint density at radius 1 is 1.42 bits per heavy atom. The second kappa shape index (κ2) is 7.84. The van der Waals surface area contributed by atoms with E-state index in [1.54, 1.807) is 24.4 Å². The van der Waals surface area contributed by atoms with Gasteiger partial charge in [0.05, 0.1) is 18.4 Å². The summed E-state index contributed by atoms with van der Waals surface area (Å²) in [4.78, 5) is 25.1. The Morgan fingerprint density at radius 3 is 2.85 bits per heavy atom. The van der Waals surface area contributed by atoms with Crippen LogP contribution in [0.5, 0.6) is 0 Å². The minimum atomic E-state index is -0.836. The highest BCUT2D eigenvalue weighted by atomic mass is 35.5. The van der Waals surface area contributed by atoms with Crippen LogP contribution in [0.15, 0.2) is 30.5 Å². The number of amides is 1. The average Bonchev–Trinajstić information content (AvgIpc) is 3.06. The number of carboxylic acid groups (broad SMARTS) is 1. The molecular weight excluding hydrogens is 358 g/mol. The molecule has 2 N–H and O–H groups in total. The lowest BCUT2D eigenvalue weighted by Gasteiger charge is -2.42. The molecule has 0 unspecified atom stereocenters. The molecule has 0 atom stereocenters. The second-order valence-electron chi connectivity index (χ2n) is 6.28. The molecule has 1 aliphatic rings. The molecular formula is C17H20ClN5O3. The van der Waals surface area contributed by atoms with E-state index < -0.39 is 5.97 Å². The van der Waals surface area contributed by atoms with Gasteiger partial charge in [0.2, 0.25) is 0 Å². The standard InChI is InChI=1S/C17H20ClN5O3/c1-2-22(10-16(24)25)14-7-12(8-14)19-17(26)15-9-23(21-20-15)13-5-3-4-11(18)6-13/h3-6,9,12,14H,2,7-8,10H2,1H3,(H,19,26)(H,24,25). The predicted octanol–water partition coefficient (Wildman–Crippen LogP) is 1.59. The summed E-state index contributed by atoms with van der Waals surface area (Å²) in [5.74, 6) is -1.13. The van der Waals surface area contributed by atoms with Crippen molar-refractivity contribution in [2.75, 3.05) is 13.1 Å². The van der Waals surface area contributed by atoms with Crippen LogP contribution in [0.2, 0.25) is 5.02 Å². The normalized spacial score (nSPS) is 19.2. The van der Waals surface area contributed by atoms with E-state index in [0.717, 1.165) is 18.5 Å². The summed E-state index contributed by atoms with van der Waals surface area (Å²) >= 11 is 5.96. The number of carboxylic acids is 1. The van der Waals surface area contributed by atoms with Crippen molar-refractivity contribution in [1.29, 1.82) is 0 Å². The van der Waals surface area contributed by atoms with Gasteiger partial charge < -0.3 is 10.4 Å². The van der Waals surface area contributed by atoms with Crippen LogP contribution >= 0.6 is 11.6 Å². The number of likely N-dealkylation sites (N-methyl/N-ethyl adjacent to an activating group) is 1. The SMILES string of the molecule is CCN(CC(=O)O)C1CC(NC(=O)c2cn(-c3cccc(Cl)c3)nn2)C1. The number of aromatic nitrogens is 3. The zero-order chi connectivity index (χ0) is 18.7. The van der Waals surface area contributed by atoms with E-state index in [-0.39, 0.29) is 30.2 Å². The Morgan fingerprint density at radius 2 is 2.19 bits per heavy atom. The molecule has 1 heterocycles. The Bertz CT molecular complexity index is 803. The third-order valence-electron chi connectivity index (χ3n) is 4.51. The Labute approximate surface area is 155 Å². The van der Waals surface area contributed by atoms with Gasteiger partial charge >= 0.3 is 5.97 Å². The molecule has 1 saturated carbocycles. The van der Waals surface area contributed by atoms with Gasteiger partial charge in [0.15, 0.2) is 5.69 Å². The fourth-order valence-electron chi connectivity index (χ4n) is 3.05. The minimum Gasteiger partial charge on any atom is -0.480 e. The number of carbonyl (C=O) groups is 2. The summed E-state index contributed by atoms with van der Waals surface area (Å²) in [6, 6.07) is 7.31. The highest BCUT2D eigenvalue weighted by Crippen LogP contribution is 2.25. The summed E-state index contributed by atoms with van der Waals surface area (Å²) in [7, 11) is 0. The molecule has 1 aromatic heterocycles. The molecule has 0 spiro atoms. The smallest absolute Gasteiger partial charge is 0.317 e. The molecule has 0 bridgehead atoms. The molecule has 1 aliphatic carbocycles. The molecule has 1 aromatic carbocycles. The lowest BCUT2D eigenvalue weighted by molar-refractivity contribution is -0.139. The van der Waals surface area contributed by atoms with Gasteiger partial charge in [-0.25, -0.2) is 4.68 Å². The molecule has 8 nitrogen and oxygen atoms in total. The molecule has 1 amide bonds. The van der Waals surface area contributed by atoms with Crippen molar-refractivity contribution in [2.24, 2.45) is 0 Å². The number of nitrogens with one attached hydrogen (secondary N) is 1. The van der Waals surface area contributed by atoms with E-state index in [0.29, 0.717) is 11.6 Å². The van der Waals surface area contributed by atoms with E-state index >= 15 is 0 Å². The third kappa shape index (κ3) is 4.20. The first-order valence-corrected chi connectivity index (χ1v) is 8.79. The zero-order valence-electron chi connectivity index (χ0n) is 14.3. The fourth-order valence-corrected chi connectivity index (χ4v) is 3.23. The van der Waals surface area contributed by atoms with Crippen molar-refractivity contribution < 1.29 is 14.7 Å². The van der Waals surface area contributed by atoms with Gasteiger partial charge in [-0.15, -0.1) is 5.10 Å². The van der Waals surface area contributed by atoms with E-state index in [2.05, 4.69) is 15.6 Å². The zero-order valence-corrected chi connectivity index (χ0v) is 15.1. The number of rotatable bonds is 7. The first-order chi connectivity index (χ1) is 12.5. The van der Waals surface area contributed by atoms with Gasteiger partial charge in [-0.05, 0) is 37.6 Å². The van der Waals surface area contributed by atoms with Gasteiger partial charge in [-0.2, -0.15) is 0 Å². The molecule has 9 heteroatoms. The van der Waals surface area contributed by atoms with Crippen LogP contribution in [-0.2, 0) is 4.79 Å². The quantitative estimate of drug-likeness (QED) is 0.760. The fraction of sp³-hybridized carbons (Fsp3) is 0.412. The lowest BCUT2D eigenvalue weighted by atomic mass is 9.85. The predicted molar refractivity (Wildman–Crippen MR) is 95.5 cm³/mol. The van der Waals surface area contributed by atoms with Crippen LogP contribution in [0.25, 0.3) is 5.69 Å². The Hall–Kier alpha value is -2.45. The summed E-state index contributed by atoms with van der Waals surface area (Å²) in [5, 5.41) is 20.3. The third-order valence-corrected chi connectivity index (χ3v) is 4.74. The van der Waals surface area contributed by atoms with Crippen LogP contribution in [0, 0.1) is 0 Å². The van der Waals surface area contributed by atoms with E-state index in [1.807, 2.05) is 17.9 Å². The number of hydrogen-bond acceptors (Lipinski definition) is 5.